The molecule has 1 aromatic carbocycles. The van der Waals surface area contributed by atoms with Gasteiger partial charge in [-0.15, -0.1) is 0 Å². The highest BCUT2D eigenvalue weighted by Crippen LogP contribution is 2.21. The Hall–Kier alpha value is -2.91. The summed E-state index contributed by atoms with van der Waals surface area (Å²) >= 11 is 0. The van der Waals surface area contributed by atoms with E-state index >= 15 is 0 Å². The predicted octanol–water partition coefficient (Wildman–Crippen LogP) is 0.227. The number of amides is 2. The van der Waals surface area contributed by atoms with Crippen molar-refractivity contribution in [1.82, 2.24) is 15.2 Å². The first-order valence-electron chi connectivity index (χ1n) is 10.1. The second-order valence-corrected chi connectivity index (χ2v) is 7.83. The van der Waals surface area contributed by atoms with E-state index in [4.69, 9.17) is 10.8 Å². The molecule has 0 spiro atoms. The number of nitrogens with two attached hydrogens (primary N) is 1. The number of aromatic amines is 1. The van der Waals surface area contributed by atoms with Crippen molar-refractivity contribution in [3.8, 4) is 0 Å². The van der Waals surface area contributed by atoms with Crippen molar-refractivity contribution < 1.29 is 24.6 Å². The van der Waals surface area contributed by atoms with Gasteiger partial charge in [0, 0.05) is 36.1 Å². The summed E-state index contributed by atoms with van der Waals surface area (Å²) in [6.07, 6.45) is 1.93. The first kappa shape index (κ1) is 21.8. The number of carbonyl (C=O) groups is 3. The molecule has 0 bridgehead atoms. The summed E-state index contributed by atoms with van der Waals surface area (Å²) < 4.78 is 0. The largest absolute Gasteiger partial charge is 0.480 e. The quantitative estimate of drug-likeness (QED) is 0.436. The number of likely N-dealkylation sites (tertiary alicyclic amines) is 1. The Morgan fingerprint density at radius 3 is 2.57 bits per heavy atom. The van der Waals surface area contributed by atoms with Crippen LogP contribution in [0.15, 0.2) is 30.5 Å². The molecule has 30 heavy (non-hydrogen) atoms. The topological polar surface area (TPSA) is 149 Å². The molecule has 2 amide bonds. The van der Waals surface area contributed by atoms with Crippen LogP contribution >= 0.6 is 0 Å². The molecule has 3 rings (SSSR count). The standard InChI is InChI=1S/C21H28N4O5/c1-12(26)18(21(29)30)24-19(27)13-6-8-25(9-7-13)20(28)16(22)10-14-11-23-17-5-3-2-4-15(14)17/h2-5,11-13,16,18,23,26H,6-10,22H2,1H3,(H,24,27)(H,29,30). The van der Waals surface area contributed by atoms with Crippen LogP contribution in [0.3, 0.4) is 0 Å². The fraction of sp³-hybridized carbons (Fsp3) is 0.476. The number of aliphatic carboxylic acids is 1. The molecule has 1 aliphatic heterocycles. The van der Waals surface area contributed by atoms with Crippen molar-refractivity contribution in [2.75, 3.05) is 13.1 Å². The first-order valence-corrected chi connectivity index (χ1v) is 10.1. The zero-order valence-corrected chi connectivity index (χ0v) is 16.9. The molecule has 1 aromatic heterocycles. The van der Waals surface area contributed by atoms with Crippen LogP contribution in [0.1, 0.15) is 25.3 Å². The number of piperidine rings is 1. The minimum atomic E-state index is -1.35. The Morgan fingerprint density at radius 2 is 1.93 bits per heavy atom. The Bertz CT molecular complexity index is 917. The fourth-order valence-electron chi connectivity index (χ4n) is 3.88. The van der Waals surface area contributed by atoms with Crippen LogP contribution in [-0.2, 0) is 20.8 Å². The number of aliphatic hydroxyl groups excluding tert-OH is 1. The molecule has 1 aliphatic rings. The van der Waals surface area contributed by atoms with Crippen molar-refractivity contribution in [3.05, 3.63) is 36.0 Å². The molecule has 9 nitrogen and oxygen atoms in total. The maximum absolute atomic E-state index is 12.8. The lowest BCUT2D eigenvalue weighted by molar-refractivity contribution is -0.146. The molecule has 3 atom stereocenters. The molecule has 6 N–H and O–H groups in total. The molecule has 0 radical (unpaired) electrons. The van der Waals surface area contributed by atoms with Gasteiger partial charge in [0.15, 0.2) is 6.04 Å². The molecule has 162 valence electrons. The minimum Gasteiger partial charge on any atom is -0.480 e. The monoisotopic (exact) mass is 416 g/mol. The number of aromatic nitrogens is 1. The molecule has 2 heterocycles. The van der Waals surface area contributed by atoms with E-state index in [9.17, 15) is 19.5 Å². The number of hydrogen-bond donors (Lipinski definition) is 5. The van der Waals surface area contributed by atoms with Gasteiger partial charge in [-0.2, -0.15) is 0 Å². The molecule has 2 aromatic rings. The van der Waals surface area contributed by atoms with Gasteiger partial charge in [-0.3, -0.25) is 9.59 Å². The van der Waals surface area contributed by atoms with Gasteiger partial charge in [-0.25, -0.2) is 4.79 Å². The summed E-state index contributed by atoms with van der Waals surface area (Å²) in [4.78, 5) is 41.1. The van der Waals surface area contributed by atoms with E-state index in [1.54, 1.807) is 4.90 Å². The van der Waals surface area contributed by atoms with Crippen LogP contribution in [0.2, 0.25) is 0 Å². The molecular weight excluding hydrogens is 388 g/mol. The van der Waals surface area contributed by atoms with Crippen molar-refractivity contribution in [3.63, 3.8) is 0 Å². The van der Waals surface area contributed by atoms with Gasteiger partial charge in [0.1, 0.15) is 0 Å². The maximum atomic E-state index is 12.8. The van der Waals surface area contributed by atoms with Crippen LogP contribution in [0, 0.1) is 5.92 Å². The van der Waals surface area contributed by atoms with Crippen molar-refractivity contribution in [2.45, 2.75) is 44.4 Å². The van der Waals surface area contributed by atoms with Crippen molar-refractivity contribution in [1.29, 1.82) is 0 Å². The zero-order chi connectivity index (χ0) is 21.8. The zero-order valence-electron chi connectivity index (χ0n) is 16.9. The summed E-state index contributed by atoms with van der Waals surface area (Å²) in [5.41, 5.74) is 8.16. The Labute approximate surface area is 174 Å². The van der Waals surface area contributed by atoms with E-state index in [1.165, 1.54) is 6.92 Å². The number of carbonyl (C=O) groups excluding carboxylic acids is 2. The number of para-hydroxylation sites is 1. The third-order valence-corrected chi connectivity index (χ3v) is 5.66. The van der Waals surface area contributed by atoms with Crippen molar-refractivity contribution in [2.24, 2.45) is 11.7 Å². The average Bonchev–Trinajstić information content (AvgIpc) is 3.13. The molecular formula is C21H28N4O5. The van der Waals surface area contributed by atoms with Crippen LogP contribution in [0.4, 0.5) is 0 Å². The van der Waals surface area contributed by atoms with Crippen LogP contribution in [0.5, 0.6) is 0 Å². The molecule has 0 aliphatic carbocycles. The summed E-state index contributed by atoms with van der Waals surface area (Å²) in [5.74, 6) is -2.27. The molecule has 3 unspecified atom stereocenters. The first-order chi connectivity index (χ1) is 14.3. The SMILES string of the molecule is CC(O)C(NC(=O)C1CCN(C(=O)C(N)Cc2c[nH]c3ccccc23)CC1)C(=O)O. The summed E-state index contributed by atoms with van der Waals surface area (Å²) in [6, 6.07) is 5.81. The third kappa shape index (κ3) is 4.80. The Balaban J connectivity index is 1.53. The highest BCUT2D eigenvalue weighted by atomic mass is 16.4. The lowest BCUT2D eigenvalue weighted by atomic mass is 9.94. The van der Waals surface area contributed by atoms with E-state index in [-0.39, 0.29) is 5.91 Å². The van der Waals surface area contributed by atoms with Gasteiger partial charge in [-0.1, -0.05) is 18.2 Å². The third-order valence-electron chi connectivity index (χ3n) is 5.66. The molecule has 1 fully saturated rings. The van der Waals surface area contributed by atoms with Gasteiger partial charge < -0.3 is 31.1 Å². The highest BCUT2D eigenvalue weighted by Gasteiger charge is 2.33. The van der Waals surface area contributed by atoms with Crippen molar-refractivity contribution >= 4 is 28.7 Å². The normalized spacial score (nSPS) is 18.0. The van der Waals surface area contributed by atoms with Gasteiger partial charge in [0.2, 0.25) is 11.8 Å². The summed E-state index contributed by atoms with van der Waals surface area (Å²) in [5, 5.41) is 22.0. The van der Waals surface area contributed by atoms with Gasteiger partial charge >= 0.3 is 5.97 Å². The Morgan fingerprint density at radius 1 is 1.27 bits per heavy atom. The number of benzene rings is 1. The minimum absolute atomic E-state index is 0.161. The maximum Gasteiger partial charge on any atom is 0.328 e. The number of nitrogens with one attached hydrogen (secondary N) is 2. The van der Waals surface area contributed by atoms with E-state index in [0.717, 1.165) is 16.5 Å². The second kappa shape index (κ2) is 9.27. The number of aliphatic hydroxyl groups is 1. The number of carboxylic acids is 1. The fourth-order valence-corrected chi connectivity index (χ4v) is 3.88. The van der Waals surface area contributed by atoms with Gasteiger partial charge in [0.25, 0.3) is 0 Å². The lowest BCUT2D eigenvalue weighted by Crippen LogP contribution is -2.52. The second-order valence-electron chi connectivity index (χ2n) is 7.83. The predicted molar refractivity (Wildman–Crippen MR) is 111 cm³/mol. The van der Waals surface area contributed by atoms with E-state index in [1.807, 2.05) is 30.5 Å². The van der Waals surface area contributed by atoms with E-state index in [2.05, 4.69) is 10.3 Å². The highest BCUT2D eigenvalue weighted by molar-refractivity contribution is 5.87. The molecule has 1 saturated heterocycles. The van der Waals surface area contributed by atoms with Crippen LogP contribution in [0.25, 0.3) is 10.9 Å². The molecule has 0 saturated carbocycles. The van der Waals surface area contributed by atoms with Crippen LogP contribution < -0.4 is 11.1 Å². The number of rotatable bonds is 7. The number of H-pyrrole nitrogens is 1. The molecule has 9 heteroatoms. The number of carboxylic acid groups (broad SMARTS) is 1. The Kier molecular flexibility index (Phi) is 6.73. The van der Waals surface area contributed by atoms with E-state index < -0.39 is 36.0 Å². The number of hydrogen-bond acceptors (Lipinski definition) is 5. The number of fused-ring (bicyclic) bond motifs is 1. The number of nitrogens with zero attached hydrogens (tertiary/aromatic N) is 1. The smallest absolute Gasteiger partial charge is 0.328 e. The van der Waals surface area contributed by atoms with E-state index in [0.29, 0.717) is 32.4 Å². The van der Waals surface area contributed by atoms with Gasteiger partial charge in [-0.05, 0) is 37.8 Å². The summed E-state index contributed by atoms with van der Waals surface area (Å²) in [7, 11) is 0. The van der Waals surface area contributed by atoms with Gasteiger partial charge in [0.05, 0.1) is 12.1 Å². The lowest BCUT2D eigenvalue weighted by Gasteiger charge is -2.33. The van der Waals surface area contributed by atoms with Crippen LogP contribution in [-0.4, -0.2) is 69.2 Å². The summed E-state index contributed by atoms with van der Waals surface area (Å²) in [6.45, 7) is 2.07. The average molecular weight is 416 g/mol.